The fourth-order valence-corrected chi connectivity index (χ4v) is 10.4. The third-order valence-electron chi connectivity index (χ3n) is 12.0. The van der Waals surface area contributed by atoms with Gasteiger partial charge in [0, 0.05) is 32.2 Å². The van der Waals surface area contributed by atoms with Crippen LogP contribution in [0.2, 0.25) is 0 Å². The normalized spacial score (nSPS) is 31.1. The van der Waals surface area contributed by atoms with Crippen LogP contribution in [0.1, 0.15) is 70.6 Å². The molecule has 0 radical (unpaired) electrons. The van der Waals surface area contributed by atoms with Crippen molar-refractivity contribution in [1.82, 2.24) is 10.6 Å². The number of aliphatic carboxylic acids is 4. The molecule has 0 aromatic rings. The molecule has 3 unspecified atom stereocenters. The molecule has 4 aliphatic rings. The highest BCUT2D eigenvalue weighted by atomic mass is 16.4. The van der Waals surface area contributed by atoms with Crippen LogP contribution in [0.25, 0.3) is 0 Å². The van der Waals surface area contributed by atoms with E-state index in [1.54, 1.807) is 0 Å². The largest absolute Gasteiger partial charge is 0.482 e. The molecule has 0 aliphatic carbocycles. The monoisotopic (exact) mass is 712 g/mol. The lowest BCUT2D eigenvalue weighted by atomic mass is 10.0. The van der Waals surface area contributed by atoms with Gasteiger partial charge in [-0.25, -0.2) is 19.2 Å². The van der Waals surface area contributed by atoms with Gasteiger partial charge in [-0.2, -0.15) is 8.97 Å². The van der Waals surface area contributed by atoms with Gasteiger partial charge < -0.3 is 31.1 Å². The Labute approximate surface area is 292 Å². The Balaban J connectivity index is 1.20. The molecule has 0 saturated carbocycles. The predicted octanol–water partition coefficient (Wildman–Crippen LogP) is -0.0154. The second-order valence-electron chi connectivity index (χ2n) is 15.2. The van der Waals surface area contributed by atoms with E-state index >= 15 is 0 Å². The highest BCUT2D eigenvalue weighted by Crippen LogP contribution is 2.61. The number of carbonyl (C=O) groups is 7. The van der Waals surface area contributed by atoms with E-state index in [1.165, 1.54) is 0 Å². The zero-order valence-corrected chi connectivity index (χ0v) is 29.3. The van der Waals surface area contributed by atoms with E-state index < -0.39 is 41.9 Å². The summed E-state index contributed by atoms with van der Waals surface area (Å²) < 4.78 is 1.77. The minimum absolute atomic E-state index is 0.00292. The van der Waals surface area contributed by atoms with E-state index in [4.69, 9.17) is 5.11 Å². The number of rotatable bonds is 23. The Kier molecular flexibility index (Phi) is 12.3. The molecule has 0 aromatic carbocycles. The summed E-state index contributed by atoms with van der Waals surface area (Å²) in [7, 11) is 2.15. The summed E-state index contributed by atoms with van der Waals surface area (Å²) in [4.78, 5) is 84.5. The number of carboxylic acids is 4. The molecule has 280 valence electrons. The average molecular weight is 713 g/mol. The predicted molar refractivity (Wildman–Crippen MR) is 175 cm³/mol. The van der Waals surface area contributed by atoms with Gasteiger partial charge in [-0.3, -0.25) is 14.4 Å². The lowest BCUT2D eigenvalue weighted by molar-refractivity contribution is -1.36. The number of ketones is 2. The summed E-state index contributed by atoms with van der Waals surface area (Å²) >= 11 is 0. The summed E-state index contributed by atoms with van der Waals surface area (Å²) in [6.07, 6.45) is 4.48. The first-order valence-electron chi connectivity index (χ1n) is 18.0. The van der Waals surface area contributed by atoms with Gasteiger partial charge in [-0.05, 0) is 25.7 Å². The van der Waals surface area contributed by atoms with E-state index in [1.807, 2.05) is 0 Å². The Morgan fingerprint density at radius 1 is 0.580 bits per heavy atom. The number of hydrogen-bond donors (Lipinski definition) is 6. The zero-order chi connectivity index (χ0) is 36.8. The van der Waals surface area contributed by atoms with Gasteiger partial charge in [0.25, 0.3) is 0 Å². The SMILES string of the molecule is C[N+]12CC[N+]3(CC(=O)O)CC[N+]4(CC(=O)O)CC[N@+](CC(=O)CCCCCCCC(=O)CC[C@H](NC(=O)NCCCC(=O)O)C(=O)O)(CC1)[C@]234. The highest BCUT2D eigenvalue weighted by molar-refractivity contribution is 5.84. The van der Waals surface area contributed by atoms with Crippen molar-refractivity contribution in [2.75, 3.05) is 85.6 Å². The zero-order valence-electron chi connectivity index (χ0n) is 29.3. The van der Waals surface area contributed by atoms with Crippen molar-refractivity contribution >= 4 is 41.5 Å². The number of nitrogens with zero attached hydrogens (tertiary/aromatic N) is 4. The Bertz CT molecular complexity index is 1340. The number of nitrogens with one attached hydrogen (secondary N) is 2. The molecule has 0 aromatic heterocycles. The number of carbonyl (C=O) groups excluding carboxylic acids is 3. The van der Waals surface area contributed by atoms with Crippen LogP contribution >= 0.6 is 0 Å². The van der Waals surface area contributed by atoms with Crippen molar-refractivity contribution in [3.63, 3.8) is 0 Å². The molecule has 4 fully saturated rings. The number of Topliss-reactive ketones (excluding diaryl/α,β-unsaturated/α-hetero) is 2. The summed E-state index contributed by atoms with van der Waals surface area (Å²) in [5.74, 6) is -4.70. The van der Waals surface area contributed by atoms with Crippen molar-refractivity contribution in [3.05, 3.63) is 0 Å². The maximum absolute atomic E-state index is 13.6. The molecule has 6 N–H and O–H groups in total. The van der Waals surface area contributed by atoms with Crippen molar-refractivity contribution < 1.29 is 71.9 Å². The van der Waals surface area contributed by atoms with Crippen LogP contribution in [0.15, 0.2) is 0 Å². The van der Waals surface area contributed by atoms with E-state index in [-0.39, 0.29) is 56.9 Å². The number of urea groups is 1. The van der Waals surface area contributed by atoms with Crippen LogP contribution in [-0.2, 0) is 28.8 Å². The summed E-state index contributed by atoms with van der Waals surface area (Å²) in [6.45, 7) is 5.75. The quantitative estimate of drug-likeness (QED) is 0.0610. The van der Waals surface area contributed by atoms with E-state index in [0.29, 0.717) is 82.9 Å². The first-order chi connectivity index (χ1) is 23.6. The summed E-state index contributed by atoms with van der Waals surface area (Å²) in [6, 6.07) is -1.97. The fourth-order valence-electron chi connectivity index (χ4n) is 10.4. The molecule has 1 spiro atoms. The highest BCUT2D eigenvalue weighted by Gasteiger charge is 2.98. The average Bonchev–Trinajstić information content (AvgIpc) is 3.65. The summed E-state index contributed by atoms with van der Waals surface area (Å²) in [5.41, 5.74) is 0. The van der Waals surface area contributed by atoms with Crippen molar-refractivity contribution in [2.45, 2.75) is 82.6 Å². The Hall–Kier alpha value is -3.67. The van der Waals surface area contributed by atoms with Crippen LogP contribution in [0.3, 0.4) is 0 Å². The van der Waals surface area contributed by atoms with Gasteiger partial charge in [0.15, 0.2) is 25.4 Å². The van der Waals surface area contributed by atoms with Crippen molar-refractivity contribution in [3.8, 4) is 0 Å². The number of hydrogen-bond acceptors (Lipinski definition) is 7. The topological polar surface area (TPSA) is 224 Å². The van der Waals surface area contributed by atoms with Gasteiger partial charge in [-0.1, -0.05) is 19.3 Å². The molecule has 6 atom stereocenters. The molecule has 4 heterocycles. The van der Waals surface area contributed by atoms with E-state index in [2.05, 4.69) is 17.7 Å². The smallest absolute Gasteiger partial charge is 0.481 e. The lowest BCUT2D eigenvalue weighted by Gasteiger charge is -2.49. The molecular formula is C33H56N6O11+4. The maximum Gasteiger partial charge on any atom is 0.482 e. The number of carboxylic acid groups (broad SMARTS) is 4. The molecule has 4 saturated heterocycles. The van der Waals surface area contributed by atoms with Crippen LogP contribution < -0.4 is 10.6 Å². The van der Waals surface area contributed by atoms with Crippen molar-refractivity contribution in [2.24, 2.45) is 0 Å². The lowest BCUT2D eigenvalue weighted by Crippen LogP contribution is -2.85. The first kappa shape index (κ1) is 39.1. The second kappa shape index (κ2) is 15.7. The molecule has 50 heavy (non-hydrogen) atoms. The standard InChI is InChI=1S/C33H52N6O11/c1-36-14-16-37(18-19-39(24-30(46)47)21-20-38(17-15-36,23-29(44)45)33(36,37)39)22-26(41)9-6-4-2-3-5-8-25(40)11-12-27(31(48)49)35-32(50)34-13-7-10-28(42)43/h27H,2-24H2,1H3,(H2-4,34,35,42,43,44,45,46,47,48,49,50)/p+4/t27-,33+,36?,37-,38?,39?/m0/s1. The number of quaternary nitrogens is 4. The number of likely N-dealkylation sites (N-methyl/N-ethyl adjacent to an activating group) is 1. The first-order valence-corrected chi connectivity index (χ1v) is 18.0. The van der Waals surface area contributed by atoms with Crippen LogP contribution in [0, 0.1) is 0 Å². The van der Waals surface area contributed by atoms with E-state index in [9.17, 15) is 48.9 Å². The fraction of sp³-hybridized carbons (Fsp3) is 0.788. The number of amides is 2. The van der Waals surface area contributed by atoms with Gasteiger partial charge in [0.2, 0.25) is 0 Å². The Morgan fingerprint density at radius 3 is 1.56 bits per heavy atom. The molecule has 17 heteroatoms. The molecule has 2 amide bonds. The minimum atomic E-state index is -1.26. The second-order valence-corrected chi connectivity index (χ2v) is 15.2. The number of unbranched alkanes of at least 4 members (excludes halogenated alkanes) is 4. The Morgan fingerprint density at radius 2 is 1.06 bits per heavy atom. The maximum atomic E-state index is 13.6. The molecule has 0 bridgehead atoms. The van der Waals surface area contributed by atoms with Gasteiger partial charge in [0.05, 0.1) is 7.05 Å². The molecule has 4 rings (SSSR count). The summed E-state index contributed by atoms with van der Waals surface area (Å²) in [5, 5.41) is 42.8. The van der Waals surface area contributed by atoms with Crippen LogP contribution in [0.5, 0.6) is 0 Å². The van der Waals surface area contributed by atoms with Gasteiger partial charge in [0.1, 0.15) is 64.2 Å². The van der Waals surface area contributed by atoms with Crippen molar-refractivity contribution in [1.29, 1.82) is 0 Å². The molecule has 4 aliphatic heterocycles. The van der Waals surface area contributed by atoms with E-state index in [0.717, 1.165) is 38.9 Å². The third-order valence-corrected chi connectivity index (χ3v) is 12.0. The van der Waals surface area contributed by atoms with Gasteiger partial charge in [-0.15, -0.1) is 8.97 Å². The van der Waals surface area contributed by atoms with Crippen LogP contribution in [0.4, 0.5) is 4.79 Å². The minimum Gasteiger partial charge on any atom is -0.481 e. The molecular weight excluding hydrogens is 656 g/mol. The van der Waals surface area contributed by atoms with Gasteiger partial charge >= 0.3 is 35.8 Å². The molecule has 17 nitrogen and oxygen atoms in total. The van der Waals surface area contributed by atoms with Crippen LogP contribution in [-0.4, -0.2) is 177 Å². The third kappa shape index (κ3) is 7.50.